The van der Waals surface area contributed by atoms with Gasteiger partial charge in [0, 0.05) is 45.4 Å². The molecule has 0 aromatic heterocycles. The summed E-state index contributed by atoms with van der Waals surface area (Å²) >= 11 is 0. The first kappa shape index (κ1) is 19.3. The summed E-state index contributed by atoms with van der Waals surface area (Å²) in [4.78, 5) is 16.2. The largest absolute Gasteiger partial charge is 0.411 e. The van der Waals surface area contributed by atoms with E-state index in [2.05, 4.69) is 15.0 Å². The first-order valence-electron chi connectivity index (χ1n) is 8.86. The van der Waals surface area contributed by atoms with Crippen molar-refractivity contribution in [2.24, 2.45) is 0 Å². The molecular weight excluding hydrogens is 323 g/mol. The van der Waals surface area contributed by atoms with E-state index in [1.165, 1.54) is 19.3 Å². The number of urea groups is 1. The fourth-order valence-electron chi connectivity index (χ4n) is 3.27. The molecule has 0 radical (unpaired) electrons. The molecular formula is C16H28F3N3O2. The van der Waals surface area contributed by atoms with Gasteiger partial charge >= 0.3 is 12.2 Å². The van der Waals surface area contributed by atoms with Gasteiger partial charge in [-0.25, -0.2) is 4.79 Å². The molecule has 1 saturated carbocycles. The standard InChI is InChI=1S/C16H28F3N3O2/c17-16(18,19)13-24-12-4-7-21-8-10-22(11-9-21)15(23)20-14-5-2-1-3-6-14/h14H,1-13H2,(H,20,23). The van der Waals surface area contributed by atoms with Crippen LogP contribution in [0.1, 0.15) is 38.5 Å². The second-order valence-corrected chi connectivity index (χ2v) is 6.63. The van der Waals surface area contributed by atoms with Crippen molar-refractivity contribution in [3.63, 3.8) is 0 Å². The zero-order chi connectivity index (χ0) is 17.4. The minimum absolute atomic E-state index is 0.0232. The average Bonchev–Trinajstić information content (AvgIpc) is 2.55. The molecule has 0 aromatic rings. The zero-order valence-corrected chi connectivity index (χ0v) is 14.1. The third kappa shape index (κ3) is 7.25. The zero-order valence-electron chi connectivity index (χ0n) is 14.1. The lowest BCUT2D eigenvalue weighted by molar-refractivity contribution is -0.174. The Balaban J connectivity index is 1.55. The maximum absolute atomic E-state index is 12.2. The summed E-state index contributed by atoms with van der Waals surface area (Å²) in [6.07, 6.45) is 2.11. The number of rotatable bonds is 6. The second-order valence-electron chi connectivity index (χ2n) is 6.63. The Labute approximate surface area is 141 Å². The Morgan fingerprint density at radius 1 is 1.08 bits per heavy atom. The molecule has 140 valence electrons. The average molecular weight is 351 g/mol. The van der Waals surface area contributed by atoms with Crippen molar-refractivity contribution in [2.45, 2.75) is 50.7 Å². The van der Waals surface area contributed by atoms with Crippen LogP contribution in [0.2, 0.25) is 0 Å². The fraction of sp³-hybridized carbons (Fsp3) is 0.938. The van der Waals surface area contributed by atoms with Crippen LogP contribution in [0, 0.1) is 0 Å². The fourth-order valence-corrected chi connectivity index (χ4v) is 3.27. The van der Waals surface area contributed by atoms with Crippen LogP contribution in [-0.2, 0) is 4.74 Å². The maximum atomic E-state index is 12.2. The highest BCUT2D eigenvalue weighted by atomic mass is 19.4. The molecule has 8 heteroatoms. The number of nitrogens with one attached hydrogen (secondary N) is 1. The highest BCUT2D eigenvalue weighted by molar-refractivity contribution is 5.74. The number of nitrogens with zero attached hydrogens (tertiary/aromatic N) is 2. The summed E-state index contributed by atoms with van der Waals surface area (Å²) in [5.41, 5.74) is 0. The molecule has 1 N–H and O–H groups in total. The molecule has 2 rings (SSSR count). The third-order valence-corrected chi connectivity index (χ3v) is 4.62. The number of ether oxygens (including phenoxy) is 1. The number of alkyl halides is 3. The molecule has 24 heavy (non-hydrogen) atoms. The van der Waals surface area contributed by atoms with Crippen molar-refractivity contribution >= 4 is 6.03 Å². The monoisotopic (exact) mass is 351 g/mol. The van der Waals surface area contributed by atoms with Gasteiger partial charge in [0.1, 0.15) is 6.61 Å². The minimum Gasteiger partial charge on any atom is -0.372 e. The molecule has 5 nitrogen and oxygen atoms in total. The number of halogens is 3. The number of carbonyl (C=O) groups excluding carboxylic acids is 1. The lowest BCUT2D eigenvalue weighted by Gasteiger charge is -2.36. The predicted molar refractivity (Wildman–Crippen MR) is 84.9 cm³/mol. The molecule has 2 amide bonds. The van der Waals surface area contributed by atoms with Crippen LogP contribution < -0.4 is 5.32 Å². The lowest BCUT2D eigenvalue weighted by atomic mass is 9.96. The minimum atomic E-state index is -4.25. The maximum Gasteiger partial charge on any atom is 0.411 e. The summed E-state index contributed by atoms with van der Waals surface area (Å²) in [5, 5.41) is 3.12. The van der Waals surface area contributed by atoms with Crippen LogP contribution in [0.15, 0.2) is 0 Å². The Hall–Kier alpha value is -1.02. The van der Waals surface area contributed by atoms with Gasteiger partial charge in [0.2, 0.25) is 0 Å². The molecule has 0 atom stereocenters. The number of carbonyl (C=O) groups is 1. The Bertz CT molecular complexity index is 379. The van der Waals surface area contributed by atoms with Gasteiger partial charge in [0.15, 0.2) is 0 Å². The Morgan fingerprint density at radius 2 is 1.75 bits per heavy atom. The predicted octanol–water partition coefficient (Wildman–Crippen LogP) is 2.62. The number of piperazine rings is 1. The summed E-state index contributed by atoms with van der Waals surface area (Å²) in [6.45, 7) is 2.50. The normalized spacial score (nSPS) is 21.0. The van der Waals surface area contributed by atoms with E-state index in [4.69, 9.17) is 0 Å². The van der Waals surface area contributed by atoms with Crippen LogP contribution >= 0.6 is 0 Å². The third-order valence-electron chi connectivity index (χ3n) is 4.62. The molecule has 0 bridgehead atoms. The molecule has 1 saturated heterocycles. The molecule has 0 spiro atoms. The van der Waals surface area contributed by atoms with E-state index >= 15 is 0 Å². The highest BCUT2D eigenvalue weighted by Crippen LogP contribution is 2.18. The van der Waals surface area contributed by atoms with Gasteiger partial charge in [0.25, 0.3) is 0 Å². The molecule has 2 aliphatic rings. The van der Waals surface area contributed by atoms with Crippen LogP contribution in [-0.4, -0.2) is 74.0 Å². The Kier molecular flexibility index (Phi) is 7.61. The summed E-state index contributed by atoms with van der Waals surface area (Å²) in [6, 6.07) is 0.338. The van der Waals surface area contributed by atoms with Gasteiger partial charge < -0.3 is 15.0 Å². The van der Waals surface area contributed by atoms with Crippen molar-refractivity contribution in [2.75, 3.05) is 45.9 Å². The van der Waals surface area contributed by atoms with Crippen LogP contribution in [0.4, 0.5) is 18.0 Å². The molecule has 1 aliphatic heterocycles. The molecule has 2 fully saturated rings. The molecule has 1 aliphatic carbocycles. The quantitative estimate of drug-likeness (QED) is 0.748. The van der Waals surface area contributed by atoms with E-state index in [0.29, 0.717) is 32.1 Å². The van der Waals surface area contributed by atoms with E-state index in [1.54, 1.807) is 0 Å². The number of hydrogen-bond donors (Lipinski definition) is 1. The second kappa shape index (κ2) is 9.46. The van der Waals surface area contributed by atoms with E-state index in [1.807, 2.05) is 4.90 Å². The van der Waals surface area contributed by atoms with E-state index in [0.717, 1.165) is 25.9 Å². The summed E-state index contributed by atoms with van der Waals surface area (Å²) < 4.78 is 40.4. The SMILES string of the molecule is O=C(NC1CCCCC1)N1CCN(CCCOCC(F)(F)F)CC1. The number of hydrogen-bond acceptors (Lipinski definition) is 3. The van der Waals surface area contributed by atoms with Gasteiger partial charge in [-0.15, -0.1) is 0 Å². The van der Waals surface area contributed by atoms with Gasteiger partial charge in [-0.1, -0.05) is 19.3 Å². The first-order valence-corrected chi connectivity index (χ1v) is 8.86. The van der Waals surface area contributed by atoms with Crippen molar-refractivity contribution in [3.05, 3.63) is 0 Å². The smallest absolute Gasteiger partial charge is 0.372 e. The number of amides is 2. The van der Waals surface area contributed by atoms with Gasteiger partial charge in [0.05, 0.1) is 0 Å². The Morgan fingerprint density at radius 3 is 2.38 bits per heavy atom. The molecule has 1 heterocycles. The van der Waals surface area contributed by atoms with E-state index in [9.17, 15) is 18.0 Å². The van der Waals surface area contributed by atoms with Crippen molar-refractivity contribution in [1.82, 2.24) is 15.1 Å². The highest BCUT2D eigenvalue weighted by Gasteiger charge is 2.27. The van der Waals surface area contributed by atoms with Crippen molar-refractivity contribution < 1.29 is 22.7 Å². The van der Waals surface area contributed by atoms with Gasteiger partial charge in [-0.3, -0.25) is 4.90 Å². The van der Waals surface area contributed by atoms with E-state index in [-0.39, 0.29) is 12.6 Å². The van der Waals surface area contributed by atoms with Gasteiger partial charge in [-0.2, -0.15) is 13.2 Å². The van der Waals surface area contributed by atoms with Gasteiger partial charge in [-0.05, 0) is 19.3 Å². The van der Waals surface area contributed by atoms with Crippen LogP contribution in [0.5, 0.6) is 0 Å². The summed E-state index contributed by atoms with van der Waals surface area (Å²) in [5.74, 6) is 0. The molecule has 0 unspecified atom stereocenters. The van der Waals surface area contributed by atoms with Crippen molar-refractivity contribution in [1.29, 1.82) is 0 Å². The van der Waals surface area contributed by atoms with Crippen LogP contribution in [0.3, 0.4) is 0 Å². The topological polar surface area (TPSA) is 44.8 Å². The lowest BCUT2D eigenvalue weighted by Crippen LogP contribution is -2.53. The summed E-state index contributed by atoms with van der Waals surface area (Å²) in [7, 11) is 0. The molecule has 0 aromatic carbocycles. The van der Waals surface area contributed by atoms with Crippen LogP contribution in [0.25, 0.3) is 0 Å². The van der Waals surface area contributed by atoms with E-state index < -0.39 is 12.8 Å². The van der Waals surface area contributed by atoms with Crippen molar-refractivity contribution in [3.8, 4) is 0 Å². The first-order chi connectivity index (χ1) is 11.4.